The first-order valence-electron chi connectivity index (χ1n) is 6.29. The molecule has 17 heavy (non-hydrogen) atoms. The third-order valence-corrected chi connectivity index (χ3v) is 2.99. The van der Waals surface area contributed by atoms with Crippen molar-refractivity contribution in [3.63, 3.8) is 0 Å². The van der Waals surface area contributed by atoms with Crippen LogP contribution >= 0.6 is 0 Å². The summed E-state index contributed by atoms with van der Waals surface area (Å²) in [6, 6.07) is 0.357. The Kier molecular flexibility index (Phi) is 5.25. The average molecular weight is 242 g/mol. The predicted molar refractivity (Wildman–Crippen MR) is 64.8 cm³/mol. The van der Waals surface area contributed by atoms with E-state index in [9.17, 15) is 9.59 Å². The maximum atomic E-state index is 11.4. The molecule has 0 heterocycles. The number of aliphatic carboxylic acids is 1. The molecule has 0 aromatic rings. The lowest BCUT2D eigenvalue weighted by atomic mass is 10.0. The lowest BCUT2D eigenvalue weighted by Gasteiger charge is -2.15. The van der Waals surface area contributed by atoms with Crippen molar-refractivity contribution >= 4 is 12.0 Å². The summed E-state index contributed by atoms with van der Waals surface area (Å²) in [6.45, 7) is 3.65. The Balaban J connectivity index is 2.05. The van der Waals surface area contributed by atoms with Gasteiger partial charge in [0, 0.05) is 12.1 Å². The number of urea groups is 1. The van der Waals surface area contributed by atoms with Crippen molar-refractivity contribution < 1.29 is 14.7 Å². The van der Waals surface area contributed by atoms with Crippen molar-refractivity contribution in [2.24, 2.45) is 5.92 Å². The SMILES string of the molecule is CC(CCCC(C)C(=O)O)NC(=O)NC1CC1. The van der Waals surface area contributed by atoms with E-state index >= 15 is 0 Å². The molecule has 2 amide bonds. The van der Waals surface area contributed by atoms with Gasteiger partial charge in [0.1, 0.15) is 0 Å². The second-order valence-electron chi connectivity index (χ2n) is 4.96. The van der Waals surface area contributed by atoms with Crippen LogP contribution in [0, 0.1) is 5.92 Å². The maximum Gasteiger partial charge on any atom is 0.315 e. The zero-order valence-electron chi connectivity index (χ0n) is 10.5. The van der Waals surface area contributed by atoms with Crippen LogP contribution in [0.1, 0.15) is 46.0 Å². The van der Waals surface area contributed by atoms with Crippen LogP contribution in [-0.4, -0.2) is 29.2 Å². The third kappa shape index (κ3) is 6.14. The van der Waals surface area contributed by atoms with Gasteiger partial charge in [-0.05, 0) is 32.6 Å². The molecule has 2 atom stereocenters. The molecule has 1 aliphatic rings. The van der Waals surface area contributed by atoms with E-state index in [1.807, 2.05) is 6.92 Å². The highest BCUT2D eigenvalue weighted by Crippen LogP contribution is 2.18. The molecule has 1 fully saturated rings. The number of carbonyl (C=O) groups is 2. The minimum Gasteiger partial charge on any atom is -0.481 e. The van der Waals surface area contributed by atoms with E-state index in [0.29, 0.717) is 12.5 Å². The summed E-state index contributed by atoms with van der Waals surface area (Å²) in [5.74, 6) is -1.06. The van der Waals surface area contributed by atoms with Crippen LogP contribution in [0.15, 0.2) is 0 Å². The molecule has 1 aliphatic carbocycles. The molecule has 0 radical (unpaired) electrons. The molecule has 0 saturated heterocycles. The second kappa shape index (κ2) is 6.47. The Morgan fingerprint density at radius 3 is 2.47 bits per heavy atom. The number of amides is 2. The van der Waals surface area contributed by atoms with Gasteiger partial charge in [0.15, 0.2) is 0 Å². The summed E-state index contributed by atoms with van der Waals surface area (Å²) < 4.78 is 0. The van der Waals surface area contributed by atoms with Crippen molar-refractivity contribution in [1.29, 1.82) is 0 Å². The fourth-order valence-corrected chi connectivity index (χ4v) is 1.60. The van der Waals surface area contributed by atoms with Crippen molar-refractivity contribution in [2.45, 2.75) is 58.0 Å². The Labute approximate surface area is 102 Å². The lowest BCUT2D eigenvalue weighted by molar-refractivity contribution is -0.141. The van der Waals surface area contributed by atoms with Gasteiger partial charge >= 0.3 is 12.0 Å². The molecule has 0 aromatic heterocycles. The van der Waals surface area contributed by atoms with E-state index in [4.69, 9.17) is 5.11 Å². The molecule has 0 spiro atoms. The van der Waals surface area contributed by atoms with E-state index in [-0.39, 0.29) is 18.0 Å². The van der Waals surface area contributed by atoms with Crippen molar-refractivity contribution in [3.05, 3.63) is 0 Å². The van der Waals surface area contributed by atoms with Crippen LogP contribution in [0.25, 0.3) is 0 Å². The molecular weight excluding hydrogens is 220 g/mol. The summed E-state index contributed by atoms with van der Waals surface area (Å²) >= 11 is 0. The fourth-order valence-electron chi connectivity index (χ4n) is 1.60. The van der Waals surface area contributed by atoms with Gasteiger partial charge in [0.05, 0.1) is 5.92 Å². The highest BCUT2D eigenvalue weighted by atomic mass is 16.4. The van der Waals surface area contributed by atoms with Crippen molar-refractivity contribution in [1.82, 2.24) is 10.6 Å². The highest BCUT2D eigenvalue weighted by molar-refractivity contribution is 5.74. The summed E-state index contributed by atoms with van der Waals surface area (Å²) in [5, 5.41) is 14.4. The quantitative estimate of drug-likeness (QED) is 0.636. The standard InChI is InChI=1S/C12H22N2O3/c1-8(11(15)16)4-3-5-9(2)13-12(17)14-10-6-7-10/h8-10H,3-7H2,1-2H3,(H,15,16)(H2,13,14,17). The topological polar surface area (TPSA) is 78.4 Å². The normalized spacial score (nSPS) is 18.2. The second-order valence-corrected chi connectivity index (χ2v) is 4.96. The van der Waals surface area contributed by atoms with E-state index < -0.39 is 5.97 Å². The minimum absolute atomic E-state index is 0.0924. The van der Waals surface area contributed by atoms with E-state index in [1.165, 1.54) is 0 Å². The monoisotopic (exact) mass is 242 g/mol. The largest absolute Gasteiger partial charge is 0.481 e. The van der Waals surface area contributed by atoms with E-state index in [1.54, 1.807) is 6.92 Å². The van der Waals surface area contributed by atoms with Crippen LogP contribution in [0.4, 0.5) is 4.79 Å². The number of carboxylic acid groups (broad SMARTS) is 1. The summed E-state index contributed by atoms with van der Waals surface area (Å²) in [6.07, 6.45) is 4.45. The highest BCUT2D eigenvalue weighted by Gasteiger charge is 2.23. The number of hydrogen-bond acceptors (Lipinski definition) is 2. The van der Waals surface area contributed by atoms with Gasteiger partial charge in [0.2, 0.25) is 0 Å². The third-order valence-electron chi connectivity index (χ3n) is 2.99. The summed E-state index contributed by atoms with van der Waals surface area (Å²) in [5.41, 5.74) is 0. The first-order chi connectivity index (χ1) is 7.99. The molecule has 1 saturated carbocycles. The van der Waals surface area contributed by atoms with Gasteiger partial charge in [-0.2, -0.15) is 0 Å². The smallest absolute Gasteiger partial charge is 0.315 e. The lowest BCUT2D eigenvalue weighted by Crippen LogP contribution is -2.41. The van der Waals surface area contributed by atoms with Crippen molar-refractivity contribution in [2.75, 3.05) is 0 Å². The van der Waals surface area contributed by atoms with E-state index in [2.05, 4.69) is 10.6 Å². The average Bonchev–Trinajstić information content (AvgIpc) is 3.00. The van der Waals surface area contributed by atoms with Crippen LogP contribution in [0.2, 0.25) is 0 Å². The van der Waals surface area contributed by atoms with E-state index in [0.717, 1.165) is 25.7 Å². The Morgan fingerprint density at radius 1 is 1.29 bits per heavy atom. The van der Waals surface area contributed by atoms with Gasteiger partial charge in [-0.15, -0.1) is 0 Å². The molecule has 98 valence electrons. The van der Waals surface area contributed by atoms with Gasteiger partial charge in [-0.25, -0.2) is 4.79 Å². The number of rotatable bonds is 7. The Bertz CT molecular complexity index is 277. The van der Waals surface area contributed by atoms with Crippen LogP contribution in [0.3, 0.4) is 0 Å². The molecule has 0 bridgehead atoms. The Morgan fingerprint density at radius 2 is 1.94 bits per heavy atom. The molecule has 0 aliphatic heterocycles. The van der Waals surface area contributed by atoms with Gasteiger partial charge in [-0.3, -0.25) is 4.79 Å². The maximum absolute atomic E-state index is 11.4. The Hall–Kier alpha value is -1.26. The minimum atomic E-state index is -0.753. The molecule has 5 heteroatoms. The van der Waals surface area contributed by atoms with Gasteiger partial charge < -0.3 is 15.7 Å². The van der Waals surface area contributed by atoms with Gasteiger partial charge in [-0.1, -0.05) is 13.3 Å². The van der Waals surface area contributed by atoms with Crippen LogP contribution in [-0.2, 0) is 4.79 Å². The molecule has 5 nitrogen and oxygen atoms in total. The predicted octanol–water partition coefficient (Wildman–Crippen LogP) is 1.73. The zero-order chi connectivity index (χ0) is 12.8. The first-order valence-corrected chi connectivity index (χ1v) is 6.29. The van der Waals surface area contributed by atoms with Crippen LogP contribution < -0.4 is 10.6 Å². The van der Waals surface area contributed by atoms with Gasteiger partial charge in [0.25, 0.3) is 0 Å². The number of carboxylic acids is 1. The first kappa shape index (κ1) is 13.8. The molecule has 2 unspecified atom stereocenters. The summed E-state index contributed by atoms with van der Waals surface area (Å²) in [4.78, 5) is 22.0. The zero-order valence-corrected chi connectivity index (χ0v) is 10.5. The molecule has 3 N–H and O–H groups in total. The number of hydrogen-bond donors (Lipinski definition) is 3. The van der Waals surface area contributed by atoms with Crippen LogP contribution in [0.5, 0.6) is 0 Å². The number of carbonyl (C=O) groups excluding carboxylic acids is 1. The summed E-state index contributed by atoms with van der Waals surface area (Å²) in [7, 11) is 0. The fraction of sp³-hybridized carbons (Fsp3) is 0.833. The molecule has 1 rings (SSSR count). The number of nitrogens with one attached hydrogen (secondary N) is 2. The molecule has 0 aromatic carbocycles. The molecular formula is C12H22N2O3. The van der Waals surface area contributed by atoms with Crippen molar-refractivity contribution in [3.8, 4) is 0 Å².